The van der Waals surface area contributed by atoms with Gasteiger partial charge < -0.3 is 0 Å². The lowest BCUT2D eigenvalue weighted by Gasteiger charge is -2.22. The van der Waals surface area contributed by atoms with E-state index in [1.165, 1.54) is 99.1 Å². The van der Waals surface area contributed by atoms with Gasteiger partial charge in [0.05, 0.1) is 0 Å². The quantitative estimate of drug-likeness (QED) is 0.167. The third-order valence-electron chi connectivity index (χ3n) is 11.2. The maximum Gasteiger partial charge on any atom is 0.0159 e. The fourth-order valence-corrected chi connectivity index (χ4v) is 8.86. The average molecular weight is 649 g/mol. The molecule has 0 spiro atoms. The SMILES string of the molecule is CC1(C)c2cc3ccccc3cc2-c2c(-c3cccc(-c4c5ccccc5c(-c5ccccc5-c5ccccc5)c5ccccc45)c3)cccc21. The summed E-state index contributed by atoms with van der Waals surface area (Å²) in [6.45, 7) is 4.75. The van der Waals surface area contributed by atoms with Crippen LogP contribution in [0.2, 0.25) is 0 Å². The maximum atomic E-state index is 2.42. The molecule has 1 aliphatic rings. The highest BCUT2D eigenvalue weighted by Crippen LogP contribution is 2.53. The Bertz CT molecular complexity index is 2760. The van der Waals surface area contributed by atoms with Crippen LogP contribution in [0, 0.1) is 0 Å². The highest BCUT2D eigenvalue weighted by Gasteiger charge is 2.37. The molecule has 0 N–H and O–H groups in total. The first-order valence-corrected chi connectivity index (χ1v) is 17.9. The molecule has 0 nitrogen and oxygen atoms in total. The molecule has 0 radical (unpaired) electrons. The molecule has 0 bridgehead atoms. The van der Waals surface area contributed by atoms with Crippen molar-refractivity contribution in [1.29, 1.82) is 0 Å². The Morgan fingerprint density at radius 2 is 0.804 bits per heavy atom. The molecule has 10 rings (SSSR count). The third kappa shape index (κ3) is 4.53. The van der Waals surface area contributed by atoms with Crippen LogP contribution in [-0.4, -0.2) is 0 Å². The summed E-state index contributed by atoms with van der Waals surface area (Å²) in [5.41, 5.74) is 15.5. The smallest absolute Gasteiger partial charge is 0.0159 e. The van der Waals surface area contributed by atoms with Gasteiger partial charge in [-0.05, 0) is 117 Å². The van der Waals surface area contributed by atoms with Gasteiger partial charge in [0, 0.05) is 5.41 Å². The molecule has 0 amide bonds. The van der Waals surface area contributed by atoms with Crippen LogP contribution in [-0.2, 0) is 5.41 Å². The average Bonchev–Trinajstić information content (AvgIpc) is 3.41. The normalized spacial score (nSPS) is 13.1. The molecule has 240 valence electrons. The van der Waals surface area contributed by atoms with Gasteiger partial charge in [-0.2, -0.15) is 0 Å². The van der Waals surface area contributed by atoms with Crippen molar-refractivity contribution in [3.63, 3.8) is 0 Å². The summed E-state index contributed by atoms with van der Waals surface area (Å²) in [7, 11) is 0. The first-order chi connectivity index (χ1) is 25.1. The molecule has 9 aromatic carbocycles. The van der Waals surface area contributed by atoms with E-state index in [1.807, 2.05) is 0 Å². The topological polar surface area (TPSA) is 0 Å². The molecule has 0 heterocycles. The van der Waals surface area contributed by atoms with Crippen LogP contribution >= 0.6 is 0 Å². The van der Waals surface area contributed by atoms with Crippen LogP contribution < -0.4 is 0 Å². The van der Waals surface area contributed by atoms with Crippen LogP contribution in [0.25, 0.3) is 88.0 Å². The number of rotatable bonds is 4. The van der Waals surface area contributed by atoms with Gasteiger partial charge >= 0.3 is 0 Å². The second-order valence-electron chi connectivity index (χ2n) is 14.4. The van der Waals surface area contributed by atoms with Crippen LogP contribution in [0.4, 0.5) is 0 Å². The van der Waals surface area contributed by atoms with E-state index in [4.69, 9.17) is 0 Å². The Balaban J connectivity index is 1.21. The molecule has 0 saturated carbocycles. The lowest BCUT2D eigenvalue weighted by atomic mass is 9.81. The predicted molar refractivity (Wildman–Crippen MR) is 218 cm³/mol. The Labute approximate surface area is 299 Å². The van der Waals surface area contributed by atoms with Crippen LogP contribution in [0.1, 0.15) is 25.0 Å². The van der Waals surface area contributed by atoms with Crippen molar-refractivity contribution in [2.45, 2.75) is 19.3 Å². The van der Waals surface area contributed by atoms with E-state index in [-0.39, 0.29) is 5.41 Å². The molecule has 0 unspecified atom stereocenters. The van der Waals surface area contributed by atoms with Crippen molar-refractivity contribution in [3.05, 3.63) is 193 Å². The highest BCUT2D eigenvalue weighted by atomic mass is 14.4. The van der Waals surface area contributed by atoms with Gasteiger partial charge in [0.15, 0.2) is 0 Å². The van der Waals surface area contributed by atoms with E-state index >= 15 is 0 Å². The highest BCUT2D eigenvalue weighted by molar-refractivity contribution is 6.22. The van der Waals surface area contributed by atoms with E-state index in [0.29, 0.717) is 0 Å². The zero-order valence-corrected chi connectivity index (χ0v) is 28.8. The molecule has 0 heteroatoms. The van der Waals surface area contributed by atoms with Crippen molar-refractivity contribution in [2.24, 2.45) is 0 Å². The molecular formula is C51H36. The van der Waals surface area contributed by atoms with Crippen LogP contribution in [0.5, 0.6) is 0 Å². The lowest BCUT2D eigenvalue weighted by Crippen LogP contribution is -2.14. The van der Waals surface area contributed by atoms with Crippen LogP contribution in [0.3, 0.4) is 0 Å². The molecule has 0 aromatic heterocycles. The Morgan fingerprint density at radius 3 is 1.51 bits per heavy atom. The summed E-state index contributed by atoms with van der Waals surface area (Å²) < 4.78 is 0. The van der Waals surface area contributed by atoms with Gasteiger partial charge in [-0.3, -0.25) is 0 Å². The third-order valence-corrected chi connectivity index (χ3v) is 11.2. The minimum atomic E-state index is -0.0827. The fourth-order valence-electron chi connectivity index (χ4n) is 8.86. The molecule has 0 atom stereocenters. The van der Waals surface area contributed by atoms with Crippen molar-refractivity contribution in [2.75, 3.05) is 0 Å². The predicted octanol–water partition coefficient (Wildman–Crippen LogP) is 14.1. The number of fused-ring (bicyclic) bond motifs is 6. The second-order valence-corrected chi connectivity index (χ2v) is 14.4. The van der Waals surface area contributed by atoms with Crippen molar-refractivity contribution < 1.29 is 0 Å². The van der Waals surface area contributed by atoms with Crippen molar-refractivity contribution in [3.8, 4) is 55.6 Å². The van der Waals surface area contributed by atoms with Crippen molar-refractivity contribution in [1.82, 2.24) is 0 Å². The molecule has 9 aromatic rings. The summed E-state index contributed by atoms with van der Waals surface area (Å²) in [4.78, 5) is 0. The molecule has 0 saturated heterocycles. The summed E-state index contributed by atoms with van der Waals surface area (Å²) in [6.07, 6.45) is 0. The molecule has 1 aliphatic carbocycles. The Hall–Kier alpha value is -6.24. The maximum absolute atomic E-state index is 2.42. The van der Waals surface area contributed by atoms with Gasteiger partial charge in [0.2, 0.25) is 0 Å². The zero-order chi connectivity index (χ0) is 34.1. The monoisotopic (exact) mass is 648 g/mol. The molecular weight excluding hydrogens is 613 g/mol. The van der Waals surface area contributed by atoms with Crippen LogP contribution in [0.15, 0.2) is 182 Å². The molecule has 51 heavy (non-hydrogen) atoms. The standard InChI is InChI=1S/C51H36/c1-51(2)46-29-15-28-39(50(46)45-31-34-18-6-7-19-35(34)32-47(45)51)36-20-14-21-37(30-36)48-41-24-10-12-26-43(41)49(44-27-13-11-25-42(44)48)40-23-9-8-22-38(40)33-16-4-3-5-17-33/h3-32H,1-2H3. The van der Waals surface area contributed by atoms with Gasteiger partial charge in [0.25, 0.3) is 0 Å². The second kappa shape index (κ2) is 11.4. The summed E-state index contributed by atoms with van der Waals surface area (Å²) in [5, 5.41) is 7.65. The molecule has 0 fully saturated rings. The van der Waals surface area contributed by atoms with Gasteiger partial charge in [0.1, 0.15) is 0 Å². The summed E-state index contributed by atoms with van der Waals surface area (Å²) in [5.74, 6) is 0. The summed E-state index contributed by atoms with van der Waals surface area (Å²) in [6, 6.07) is 67.3. The van der Waals surface area contributed by atoms with Gasteiger partial charge in [-0.15, -0.1) is 0 Å². The van der Waals surface area contributed by atoms with Crippen molar-refractivity contribution >= 4 is 32.3 Å². The van der Waals surface area contributed by atoms with E-state index in [1.54, 1.807) is 0 Å². The first kappa shape index (κ1) is 29.7. The van der Waals surface area contributed by atoms with E-state index in [2.05, 4.69) is 196 Å². The first-order valence-electron chi connectivity index (χ1n) is 17.9. The number of hydrogen-bond donors (Lipinski definition) is 0. The zero-order valence-electron chi connectivity index (χ0n) is 28.8. The Kier molecular flexibility index (Phi) is 6.63. The summed E-state index contributed by atoms with van der Waals surface area (Å²) >= 11 is 0. The number of hydrogen-bond acceptors (Lipinski definition) is 0. The lowest BCUT2D eigenvalue weighted by molar-refractivity contribution is 0.661. The Morgan fingerprint density at radius 1 is 0.294 bits per heavy atom. The fraction of sp³-hybridized carbons (Fsp3) is 0.0588. The largest absolute Gasteiger partial charge is 0.0622 e. The van der Waals surface area contributed by atoms with E-state index in [9.17, 15) is 0 Å². The molecule has 0 aliphatic heterocycles. The van der Waals surface area contributed by atoms with E-state index in [0.717, 1.165) is 0 Å². The minimum absolute atomic E-state index is 0.0827. The minimum Gasteiger partial charge on any atom is -0.0622 e. The van der Waals surface area contributed by atoms with Gasteiger partial charge in [-0.25, -0.2) is 0 Å². The van der Waals surface area contributed by atoms with Gasteiger partial charge in [-0.1, -0.05) is 178 Å². The number of benzene rings is 9. The van der Waals surface area contributed by atoms with E-state index < -0.39 is 0 Å².